The molecule has 0 aromatic rings. The summed E-state index contributed by atoms with van der Waals surface area (Å²) in [5, 5.41) is 2.83. The number of hydrazine groups is 1. The van der Waals surface area contributed by atoms with Gasteiger partial charge in [-0.1, -0.05) is 6.08 Å². The lowest BCUT2D eigenvalue weighted by atomic mass is 10.3. The molecule has 1 saturated heterocycles. The van der Waals surface area contributed by atoms with Crippen LogP contribution in [0.3, 0.4) is 0 Å². The monoisotopic (exact) mass is 268 g/mol. The summed E-state index contributed by atoms with van der Waals surface area (Å²) in [4.78, 5) is 2.48. The maximum atomic E-state index is 11.5. The molecule has 1 fully saturated rings. The van der Waals surface area contributed by atoms with Gasteiger partial charge in [0.1, 0.15) is 0 Å². The molecule has 0 spiro atoms. The third-order valence-corrected chi connectivity index (χ3v) is 3.38. The first-order valence-electron chi connectivity index (χ1n) is 5.22. The van der Waals surface area contributed by atoms with Crippen LogP contribution in [0.1, 0.15) is 12.8 Å². The molecule has 0 aromatic carbocycles. The van der Waals surface area contributed by atoms with Crippen LogP contribution in [0.4, 0.5) is 0 Å². The van der Waals surface area contributed by atoms with Crippen molar-refractivity contribution >= 4 is 21.6 Å². The van der Waals surface area contributed by atoms with E-state index in [9.17, 15) is 8.42 Å². The normalized spacial score (nSPS) is 19.3. The van der Waals surface area contributed by atoms with E-state index in [-0.39, 0.29) is 0 Å². The van der Waals surface area contributed by atoms with Crippen molar-refractivity contribution in [1.29, 1.82) is 0 Å². The van der Waals surface area contributed by atoms with Crippen LogP contribution in [0.5, 0.6) is 0 Å². The van der Waals surface area contributed by atoms with Gasteiger partial charge in [0.25, 0.3) is 0 Å². The number of ether oxygens (including phenoxy) is 1. The minimum atomic E-state index is -3.36. The molecule has 1 heterocycles. The van der Waals surface area contributed by atoms with Crippen molar-refractivity contribution in [2.45, 2.75) is 12.8 Å². The zero-order valence-electron chi connectivity index (χ0n) is 9.06. The molecule has 0 amide bonds. The summed E-state index contributed by atoms with van der Waals surface area (Å²) < 4.78 is 28.2. The summed E-state index contributed by atoms with van der Waals surface area (Å²) in [5.74, 6) is 0.543. The smallest absolute Gasteiger partial charge is 0.246 e. The molecule has 0 unspecified atom stereocenters. The third-order valence-electron chi connectivity index (χ3n) is 2.05. The summed E-state index contributed by atoms with van der Waals surface area (Å²) >= 11 is 5.49. The van der Waals surface area contributed by atoms with E-state index in [1.54, 1.807) is 11.1 Å². The molecule has 0 aliphatic carbocycles. The molecule has 0 saturated carbocycles. The van der Waals surface area contributed by atoms with Gasteiger partial charge in [-0.25, -0.2) is 13.4 Å². The fourth-order valence-electron chi connectivity index (χ4n) is 1.25. The highest BCUT2D eigenvalue weighted by molar-refractivity contribution is 7.92. The maximum Gasteiger partial charge on any atom is 0.246 e. The number of alkyl halides is 1. The second-order valence-corrected chi connectivity index (χ2v) is 5.36. The number of hydrogen-bond acceptors (Lipinski definition) is 4. The van der Waals surface area contributed by atoms with Crippen molar-refractivity contribution in [3.05, 3.63) is 11.5 Å². The second kappa shape index (κ2) is 7.24. The summed E-state index contributed by atoms with van der Waals surface area (Å²) in [7, 11) is -3.36. The predicted octanol–water partition coefficient (Wildman–Crippen LogP) is 0.686. The van der Waals surface area contributed by atoms with E-state index in [1.807, 2.05) is 0 Å². The maximum absolute atomic E-state index is 11.5. The second-order valence-electron chi connectivity index (χ2n) is 3.44. The molecule has 94 valence electrons. The quantitative estimate of drug-likeness (QED) is 0.569. The number of allylic oxidation sites excluding steroid dienone is 1. The van der Waals surface area contributed by atoms with Gasteiger partial charge in [0, 0.05) is 24.4 Å². The molecule has 0 aromatic heterocycles. The van der Waals surface area contributed by atoms with Crippen LogP contribution in [-0.2, 0) is 14.8 Å². The number of nitrogens with one attached hydrogen (secondary N) is 1. The van der Waals surface area contributed by atoms with Crippen LogP contribution in [-0.4, -0.2) is 45.6 Å². The van der Waals surface area contributed by atoms with Crippen molar-refractivity contribution in [2.75, 3.05) is 32.2 Å². The van der Waals surface area contributed by atoms with Gasteiger partial charge < -0.3 is 4.74 Å². The van der Waals surface area contributed by atoms with E-state index in [0.29, 0.717) is 38.6 Å². The van der Waals surface area contributed by atoms with Gasteiger partial charge in [-0.3, -0.25) is 0 Å². The number of rotatable bonds is 6. The van der Waals surface area contributed by atoms with Gasteiger partial charge >= 0.3 is 0 Å². The van der Waals surface area contributed by atoms with Crippen LogP contribution in [0, 0.1) is 0 Å². The van der Waals surface area contributed by atoms with Crippen LogP contribution in [0.25, 0.3) is 0 Å². The number of unbranched alkanes of at least 4 members (excludes halogenated alkanes) is 1. The topological polar surface area (TPSA) is 58.6 Å². The Morgan fingerprint density at radius 2 is 2.06 bits per heavy atom. The Morgan fingerprint density at radius 3 is 2.69 bits per heavy atom. The number of hydrogen-bond donors (Lipinski definition) is 1. The zero-order valence-corrected chi connectivity index (χ0v) is 10.6. The average molecular weight is 269 g/mol. The van der Waals surface area contributed by atoms with E-state index in [1.165, 1.54) is 5.41 Å². The molecule has 16 heavy (non-hydrogen) atoms. The van der Waals surface area contributed by atoms with E-state index < -0.39 is 10.0 Å². The standard InChI is InChI=1S/C9H17ClN2O3S/c10-4-2-1-3-9-16(13,14)11-12-5-7-15-8-6-12/h3,9,11H,1-2,4-8H2/b9-3+. The highest BCUT2D eigenvalue weighted by atomic mass is 35.5. The first-order chi connectivity index (χ1) is 7.64. The Balaban J connectivity index is 2.35. The molecular weight excluding hydrogens is 252 g/mol. The predicted molar refractivity (Wildman–Crippen MR) is 63.5 cm³/mol. The minimum Gasteiger partial charge on any atom is -0.379 e. The summed E-state index contributed by atoms with van der Waals surface area (Å²) in [5.41, 5.74) is 0. The van der Waals surface area contributed by atoms with Gasteiger partial charge in [-0.05, 0) is 12.8 Å². The molecule has 5 nitrogen and oxygen atoms in total. The Kier molecular flexibility index (Phi) is 6.30. The highest BCUT2D eigenvalue weighted by Gasteiger charge is 2.15. The molecule has 1 aliphatic rings. The Bertz CT molecular complexity index is 313. The molecule has 0 atom stereocenters. The molecule has 1 rings (SSSR count). The Morgan fingerprint density at radius 1 is 1.38 bits per heavy atom. The number of sulfonamides is 1. The minimum absolute atomic E-state index is 0.543. The van der Waals surface area contributed by atoms with Gasteiger partial charge in [0.05, 0.1) is 13.2 Å². The van der Waals surface area contributed by atoms with Gasteiger partial charge in [-0.2, -0.15) is 0 Å². The van der Waals surface area contributed by atoms with Crippen molar-refractivity contribution in [1.82, 2.24) is 9.84 Å². The average Bonchev–Trinajstić information content (AvgIpc) is 2.25. The number of nitrogens with zero attached hydrogens (tertiary/aromatic N) is 1. The number of halogens is 1. The first-order valence-corrected chi connectivity index (χ1v) is 7.30. The fourth-order valence-corrected chi connectivity index (χ4v) is 2.40. The molecular formula is C9H17ClN2O3S. The molecule has 1 aliphatic heterocycles. The van der Waals surface area contributed by atoms with E-state index in [2.05, 4.69) is 4.83 Å². The Labute approximate surface area is 101 Å². The van der Waals surface area contributed by atoms with Crippen LogP contribution < -0.4 is 4.83 Å². The largest absolute Gasteiger partial charge is 0.379 e. The van der Waals surface area contributed by atoms with Crippen LogP contribution in [0.15, 0.2) is 11.5 Å². The Hall–Kier alpha value is -0.140. The van der Waals surface area contributed by atoms with Gasteiger partial charge in [0.2, 0.25) is 10.0 Å². The van der Waals surface area contributed by atoms with E-state index in [4.69, 9.17) is 16.3 Å². The zero-order chi connectivity index (χ0) is 11.9. The fraction of sp³-hybridized carbons (Fsp3) is 0.778. The molecule has 0 radical (unpaired) electrons. The van der Waals surface area contributed by atoms with Crippen molar-refractivity contribution in [3.63, 3.8) is 0 Å². The molecule has 7 heteroatoms. The van der Waals surface area contributed by atoms with Crippen molar-refractivity contribution < 1.29 is 13.2 Å². The lowest BCUT2D eigenvalue weighted by Gasteiger charge is -2.25. The van der Waals surface area contributed by atoms with Crippen molar-refractivity contribution in [3.8, 4) is 0 Å². The summed E-state index contributed by atoms with van der Waals surface area (Å²) in [6.45, 7) is 2.26. The summed E-state index contributed by atoms with van der Waals surface area (Å²) in [6.07, 6.45) is 3.07. The summed E-state index contributed by atoms with van der Waals surface area (Å²) in [6, 6.07) is 0. The molecule has 0 bridgehead atoms. The third kappa shape index (κ3) is 5.81. The molecule has 1 N–H and O–H groups in total. The number of morpholine rings is 1. The van der Waals surface area contributed by atoms with Crippen LogP contribution >= 0.6 is 11.6 Å². The lowest BCUT2D eigenvalue weighted by Crippen LogP contribution is -2.47. The van der Waals surface area contributed by atoms with Crippen molar-refractivity contribution in [2.24, 2.45) is 0 Å². The first kappa shape index (κ1) is 13.9. The highest BCUT2D eigenvalue weighted by Crippen LogP contribution is 1.99. The lowest BCUT2D eigenvalue weighted by molar-refractivity contribution is 0.0274. The van der Waals surface area contributed by atoms with Gasteiger partial charge in [0.15, 0.2) is 0 Å². The van der Waals surface area contributed by atoms with Crippen LogP contribution in [0.2, 0.25) is 0 Å². The SMILES string of the molecule is O=S(=O)(/C=C/CCCCl)NN1CCOCC1. The van der Waals surface area contributed by atoms with E-state index >= 15 is 0 Å². The van der Waals surface area contributed by atoms with E-state index in [0.717, 1.165) is 6.42 Å². The van der Waals surface area contributed by atoms with Gasteiger partial charge in [-0.15, -0.1) is 16.4 Å².